The van der Waals surface area contributed by atoms with Crippen molar-refractivity contribution in [1.29, 1.82) is 0 Å². The Bertz CT molecular complexity index is 917. The minimum atomic E-state index is -0.779. The van der Waals surface area contributed by atoms with Crippen LogP contribution in [0.2, 0.25) is 0 Å². The van der Waals surface area contributed by atoms with Crippen LogP contribution in [0.3, 0.4) is 0 Å². The number of aromatic hydroxyl groups is 1. The first-order chi connectivity index (χ1) is 15.0. The molecular weight excluding hydrogens is 400 g/mol. The number of hydrogen-bond donors (Lipinski definition) is 2. The number of carbonyl (C=O) groups excluding carboxylic acids is 3. The van der Waals surface area contributed by atoms with Crippen molar-refractivity contribution in [1.82, 2.24) is 10.2 Å². The summed E-state index contributed by atoms with van der Waals surface area (Å²) in [5.74, 6) is -0.911. The van der Waals surface area contributed by atoms with Crippen LogP contribution in [-0.4, -0.2) is 47.2 Å². The number of nitrogens with zero attached hydrogens (tertiary/aromatic N) is 1. The molecule has 164 valence electrons. The molecule has 0 saturated carbocycles. The van der Waals surface area contributed by atoms with Crippen molar-refractivity contribution in [3.63, 3.8) is 0 Å². The number of phenolic OH excluding ortho intramolecular Hbond substituents is 1. The van der Waals surface area contributed by atoms with Gasteiger partial charge in [-0.2, -0.15) is 0 Å². The van der Waals surface area contributed by atoms with Crippen LogP contribution < -0.4 is 5.32 Å². The van der Waals surface area contributed by atoms with Gasteiger partial charge in [0.05, 0.1) is 12.6 Å². The number of phenols is 1. The van der Waals surface area contributed by atoms with Crippen molar-refractivity contribution in [2.24, 2.45) is 0 Å². The van der Waals surface area contributed by atoms with Gasteiger partial charge in [-0.25, -0.2) is 9.59 Å². The molecule has 8 nitrogen and oxygen atoms in total. The summed E-state index contributed by atoms with van der Waals surface area (Å²) in [5, 5.41) is 12.7. The third-order valence-electron chi connectivity index (χ3n) is 5.12. The average molecular weight is 426 g/mol. The van der Waals surface area contributed by atoms with E-state index in [9.17, 15) is 19.5 Å². The van der Waals surface area contributed by atoms with E-state index in [4.69, 9.17) is 9.47 Å². The number of benzene rings is 2. The predicted molar refractivity (Wildman–Crippen MR) is 112 cm³/mol. The summed E-state index contributed by atoms with van der Waals surface area (Å²) in [4.78, 5) is 38.9. The molecule has 2 atom stereocenters. The highest BCUT2D eigenvalue weighted by atomic mass is 16.5. The van der Waals surface area contributed by atoms with Gasteiger partial charge in [0.1, 0.15) is 24.9 Å². The van der Waals surface area contributed by atoms with E-state index in [1.54, 1.807) is 25.1 Å². The number of amides is 2. The molecule has 1 heterocycles. The Morgan fingerprint density at radius 3 is 2.45 bits per heavy atom. The molecule has 1 aliphatic heterocycles. The second-order valence-corrected chi connectivity index (χ2v) is 7.14. The number of hydrogen-bond acceptors (Lipinski definition) is 6. The molecule has 1 aliphatic rings. The van der Waals surface area contributed by atoms with Crippen molar-refractivity contribution in [3.8, 4) is 5.75 Å². The second kappa shape index (κ2) is 10.5. The zero-order valence-corrected chi connectivity index (χ0v) is 17.3. The SMILES string of the molecule is CCOC(=O)[C@@H]1CC[C@H](c2ccccc2O)N1C(=O)CNC(=O)OCc1ccccc1. The Morgan fingerprint density at radius 1 is 1.03 bits per heavy atom. The lowest BCUT2D eigenvalue weighted by molar-refractivity contribution is -0.154. The van der Waals surface area contributed by atoms with Gasteiger partial charge in [0.2, 0.25) is 5.91 Å². The van der Waals surface area contributed by atoms with Gasteiger partial charge in [0, 0.05) is 5.56 Å². The van der Waals surface area contributed by atoms with Crippen molar-refractivity contribution in [3.05, 3.63) is 65.7 Å². The van der Waals surface area contributed by atoms with E-state index in [1.807, 2.05) is 30.3 Å². The third kappa shape index (κ3) is 5.53. The van der Waals surface area contributed by atoms with E-state index in [-0.39, 0.29) is 25.5 Å². The quantitative estimate of drug-likeness (QED) is 0.660. The second-order valence-electron chi connectivity index (χ2n) is 7.14. The van der Waals surface area contributed by atoms with E-state index < -0.39 is 30.1 Å². The molecular formula is C23H26N2O6. The van der Waals surface area contributed by atoms with Crippen LogP contribution in [-0.2, 0) is 25.7 Å². The van der Waals surface area contributed by atoms with Crippen LogP contribution in [0.4, 0.5) is 4.79 Å². The summed E-state index contributed by atoms with van der Waals surface area (Å²) in [5.41, 5.74) is 1.37. The van der Waals surface area contributed by atoms with E-state index in [0.29, 0.717) is 18.4 Å². The fraction of sp³-hybridized carbons (Fsp3) is 0.348. The summed E-state index contributed by atoms with van der Waals surface area (Å²) in [6, 6.07) is 14.6. The molecule has 1 fully saturated rings. The summed E-state index contributed by atoms with van der Waals surface area (Å²) in [6.07, 6.45) is 0.163. The van der Waals surface area contributed by atoms with Gasteiger partial charge in [-0.15, -0.1) is 0 Å². The molecule has 2 aromatic rings. The molecule has 2 aromatic carbocycles. The lowest BCUT2D eigenvalue weighted by Gasteiger charge is -2.30. The number of esters is 1. The highest BCUT2D eigenvalue weighted by molar-refractivity contribution is 5.88. The monoisotopic (exact) mass is 426 g/mol. The van der Waals surface area contributed by atoms with Crippen LogP contribution in [0.15, 0.2) is 54.6 Å². The Morgan fingerprint density at radius 2 is 1.74 bits per heavy atom. The molecule has 0 aromatic heterocycles. The predicted octanol–water partition coefficient (Wildman–Crippen LogP) is 2.91. The van der Waals surface area contributed by atoms with Gasteiger partial charge in [-0.3, -0.25) is 4.79 Å². The molecule has 2 amide bonds. The molecule has 0 bridgehead atoms. The Hall–Kier alpha value is -3.55. The van der Waals surface area contributed by atoms with Gasteiger partial charge >= 0.3 is 12.1 Å². The summed E-state index contributed by atoms with van der Waals surface area (Å²) in [7, 11) is 0. The summed E-state index contributed by atoms with van der Waals surface area (Å²) >= 11 is 0. The summed E-state index contributed by atoms with van der Waals surface area (Å²) in [6.45, 7) is 1.64. The first kappa shape index (κ1) is 22.1. The zero-order chi connectivity index (χ0) is 22.2. The van der Waals surface area contributed by atoms with Gasteiger partial charge in [-0.05, 0) is 31.4 Å². The molecule has 0 unspecified atom stereocenters. The van der Waals surface area contributed by atoms with Crippen LogP contribution in [0, 0.1) is 0 Å². The number of nitrogens with one attached hydrogen (secondary N) is 1. The minimum absolute atomic E-state index is 0.0463. The lowest BCUT2D eigenvalue weighted by atomic mass is 10.0. The van der Waals surface area contributed by atoms with Crippen molar-refractivity contribution in [2.45, 2.75) is 38.5 Å². The third-order valence-corrected chi connectivity index (χ3v) is 5.12. The first-order valence-electron chi connectivity index (χ1n) is 10.2. The standard InChI is InChI=1S/C23H26N2O6/c1-2-30-22(28)19-13-12-18(17-10-6-7-11-20(17)26)25(19)21(27)14-24-23(29)31-15-16-8-4-3-5-9-16/h3-11,18-19,26H,2,12-15H2,1H3,(H,24,29)/t18-,19+/m1/s1. The number of carbonyl (C=O) groups is 3. The van der Waals surface area contributed by atoms with Gasteiger partial charge in [0.25, 0.3) is 0 Å². The molecule has 3 rings (SSSR count). The Balaban J connectivity index is 1.67. The topological polar surface area (TPSA) is 105 Å². The van der Waals surface area contributed by atoms with E-state index >= 15 is 0 Å². The number of rotatable bonds is 7. The zero-order valence-electron chi connectivity index (χ0n) is 17.3. The number of likely N-dealkylation sites (tertiary alicyclic amines) is 1. The summed E-state index contributed by atoms with van der Waals surface area (Å²) < 4.78 is 10.3. The molecule has 2 N–H and O–H groups in total. The van der Waals surface area contributed by atoms with Gasteiger partial charge < -0.3 is 24.8 Å². The highest BCUT2D eigenvalue weighted by Crippen LogP contribution is 2.40. The van der Waals surface area contributed by atoms with Crippen molar-refractivity contribution >= 4 is 18.0 Å². The molecule has 0 aliphatic carbocycles. The van der Waals surface area contributed by atoms with Crippen LogP contribution >= 0.6 is 0 Å². The van der Waals surface area contributed by atoms with Crippen LogP contribution in [0.25, 0.3) is 0 Å². The minimum Gasteiger partial charge on any atom is -0.508 e. The van der Waals surface area contributed by atoms with E-state index in [0.717, 1.165) is 5.56 Å². The van der Waals surface area contributed by atoms with Gasteiger partial charge in [0.15, 0.2) is 0 Å². The maximum Gasteiger partial charge on any atom is 0.407 e. The van der Waals surface area contributed by atoms with Crippen LogP contribution in [0.1, 0.15) is 36.9 Å². The van der Waals surface area contributed by atoms with Gasteiger partial charge in [-0.1, -0.05) is 48.5 Å². The maximum absolute atomic E-state index is 13.0. The smallest absolute Gasteiger partial charge is 0.407 e. The maximum atomic E-state index is 13.0. The van der Waals surface area contributed by atoms with E-state index in [1.165, 1.54) is 11.0 Å². The highest BCUT2D eigenvalue weighted by Gasteiger charge is 2.43. The molecule has 8 heteroatoms. The number of ether oxygens (including phenoxy) is 2. The first-order valence-corrected chi connectivity index (χ1v) is 10.2. The molecule has 0 radical (unpaired) electrons. The Kier molecular flexibility index (Phi) is 7.48. The normalized spacial score (nSPS) is 17.8. The van der Waals surface area contributed by atoms with Crippen molar-refractivity contribution in [2.75, 3.05) is 13.2 Å². The lowest BCUT2D eigenvalue weighted by Crippen LogP contribution is -2.47. The van der Waals surface area contributed by atoms with Crippen LogP contribution in [0.5, 0.6) is 5.75 Å². The molecule has 0 spiro atoms. The molecule has 1 saturated heterocycles. The van der Waals surface area contributed by atoms with E-state index in [2.05, 4.69) is 5.32 Å². The Labute approximate surface area is 180 Å². The average Bonchev–Trinajstić information content (AvgIpc) is 3.22. The number of para-hydroxylation sites is 1. The fourth-order valence-corrected chi connectivity index (χ4v) is 3.72. The fourth-order valence-electron chi connectivity index (χ4n) is 3.72. The molecule has 31 heavy (non-hydrogen) atoms. The largest absolute Gasteiger partial charge is 0.508 e. The number of alkyl carbamates (subject to hydrolysis) is 1. The van der Waals surface area contributed by atoms with Crippen molar-refractivity contribution < 1.29 is 29.0 Å².